The average Bonchev–Trinajstić information content (AvgIpc) is 2.91. The Morgan fingerprint density at radius 2 is 1.92 bits per heavy atom. The Bertz CT molecular complexity index is 1020. The number of benzene rings is 2. The molecule has 1 N–H and O–H groups in total. The van der Waals surface area contributed by atoms with Gasteiger partial charge in [0.2, 0.25) is 10.0 Å². The van der Waals surface area contributed by atoms with Crippen LogP contribution in [0.2, 0.25) is 0 Å². The van der Waals surface area contributed by atoms with E-state index in [9.17, 15) is 13.2 Å². The molecule has 0 spiro atoms. The summed E-state index contributed by atoms with van der Waals surface area (Å²) in [5, 5.41) is 0. The van der Waals surface area contributed by atoms with Crippen molar-refractivity contribution in [3.05, 3.63) is 63.8 Å². The fraction of sp³-hybridized carbons (Fsp3) is 0.235. The minimum Gasteiger partial charge on any atom is -0.383 e. The standard InChI is InChI=1S/C17H18N2O4S2/c1-23-10-9-18-25(21,22)14-7-8-15-16(11-14)24-17(20)19(15)12-13-5-3-2-4-6-13/h2-8,11,18H,9-10,12H2,1H3. The lowest BCUT2D eigenvalue weighted by Gasteiger charge is -2.07. The van der Waals surface area contributed by atoms with Gasteiger partial charge in [-0.1, -0.05) is 41.7 Å². The molecule has 3 rings (SSSR count). The molecule has 8 heteroatoms. The van der Waals surface area contributed by atoms with Crippen molar-refractivity contribution >= 4 is 31.6 Å². The van der Waals surface area contributed by atoms with E-state index in [1.807, 2.05) is 30.3 Å². The van der Waals surface area contributed by atoms with Gasteiger partial charge in [0.15, 0.2) is 0 Å². The first kappa shape index (κ1) is 17.8. The van der Waals surface area contributed by atoms with Gasteiger partial charge in [-0.3, -0.25) is 9.36 Å². The predicted octanol–water partition coefficient (Wildman–Crippen LogP) is 2.04. The normalized spacial score (nSPS) is 11.9. The maximum atomic E-state index is 12.3. The van der Waals surface area contributed by atoms with Crippen LogP contribution in [0.15, 0.2) is 58.2 Å². The number of nitrogens with zero attached hydrogens (tertiary/aromatic N) is 1. The molecule has 132 valence electrons. The second-order valence-corrected chi connectivity index (χ2v) is 8.22. The first-order chi connectivity index (χ1) is 12.0. The molecule has 0 aliphatic carbocycles. The lowest BCUT2D eigenvalue weighted by atomic mass is 10.2. The number of nitrogens with one attached hydrogen (secondary N) is 1. The summed E-state index contributed by atoms with van der Waals surface area (Å²) in [4.78, 5) is 12.3. The third-order valence-corrected chi connectivity index (χ3v) is 6.13. The lowest BCUT2D eigenvalue weighted by molar-refractivity contribution is 0.204. The first-order valence-corrected chi connectivity index (χ1v) is 9.97. The number of aromatic nitrogens is 1. The number of sulfonamides is 1. The highest BCUT2D eigenvalue weighted by Gasteiger charge is 2.16. The van der Waals surface area contributed by atoms with E-state index in [-0.39, 0.29) is 16.3 Å². The summed E-state index contributed by atoms with van der Waals surface area (Å²) in [6.45, 7) is 0.947. The fourth-order valence-electron chi connectivity index (χ4n) is 2.49. The van der Waals surface area contributed by atoms with E-state index in [1.54, 1.807) is 10.6 Å². The molecule has 25 heavy (non-hydrogen) atoms. The molecule has 0 atom stereocenters. The van der Waals surface area contributed by atoms with Gasteiger partial charge in [0.1, 0.15) is 0 Å². The quantitative estimate of drug-likeness (QED) is 0.638. The van der Waals surface area contributed by atoms with E-state index in [0.29, 0.717) is 17.9 Å². The zero-order chi connectivity index (χ0) is 17.9. The molecule has 0 unspecified atom stereocenters. The minimum absolute atomic E-state index is 0.110. The zero-order valence-electron chi connectivity index (χ0n) is 13.6. The highest BCUT2D eigenvalue weighted by atomic mass is 32.2. The summed E-state index contributed by atoms with van der Waals surface area (Å²) in [5.41, 5.74) is 1.75. The van der Waals surface area contributed by atoms with Gasteiger partial charge in [0, 0.05) is 13.7 Å². The molecule has 0 radical (unpaired) electrons. The van der Waals surface area contributed by atoms with Crippen LogP contribution >= 0.6 is 11.3 Å². The van der Waals surface area contributed by atoms with Crippen molar-refractivity contribution in [3.63, 3.8) is 0 Å². The molecule has 0 aliphatic rings. The monoisotopic (exact) mass is 378 g/mol. The second-order valence-electron chi connectivity index (χ2n) is 5.46. The number of hydrogen-bond donors (Lipinski definition) is 1. The summed E-state index contributed by atoms with van der Waals surface area (Å²) >= 11 is 1.05. The smallest absolute Gasteiger partial charge is 0.308 e. The Balaban J connectivity index is 1.94. The molecule has 1 heterocycles. The summed E-state index contributed by atoms with van der Waals surface area (Å²) < 4.78 is 34.2. The Morgan fingerprint density at radius 3 is 2.64 bits per heavy atom. The van der Waals surface area contributed by atoms with Gasteiger partial charge in [0.25, 0.3) is 0 Å². The van der Waals surface area contributed by atoms with Crippen molar-refractivity contribution in [1.82, 2.24) is 9.29 Å². The Hall–Kier alpha value is -2.00. The van der Waals surface area contributed by atoms with E-state index in [0.717, 1.165) is 22.4 Å². The van der Waals surface area contributed by atoms with Crippen molar-refractivity contribution in [1.29, 1.82) is 0 Å². The van der Waals surface area contributed by atoms with Gasteiger partial charge in [0.05, 0.1) is 28.3 Å². The Kier molecular flexibility index (Phi) is 5.33. The third-order valence-electron chi connectivity index (χ3n) is 3.73. The maximum absolute atomic E-state index is 12.3. The van der Waals surface area contributed by atoms with Crippen LogP contribution in [0.5, 0.6) is 0 Å². The molecule has 0 bridgehead atoms. The first-order valence-electron chi connectivity index (χ1n) is 7.67. The van der Waals surface area contributed by atoms with Crippen LogP contribution in [0, 0.1) is 0 Å². The summed E-state index contributed by atoms with van der Waals surface area (Å²) in [6.07, 6.45) is 0. The van der Waals surface area contributed by atoms with Crippen molar-refractivity contribution < 1.29 is 13.2 Å². The van der Waals surface area contributed by atoms with Gasteiger partial charge in [-0.2, -0.15) is 0 Å². The van der Waals surface area contributed by atoms with Crippen LogP contribution in [0.1, 0.15) is 5.56 Å². The van der Waals surface area contributed by atoms with E-state index in [2.05, 4.69) is 4.72 Å². The van der Waals surface area contributed by atoms with E-state index in [4.69, 9.17) is 4.74 Å². The van der Waals surface area contributed by atoms with Crippen LogP contribution in [0.3, 0.4) is 0 Å². The molecule has 0 fully saturated rings. The number of fused-ring (bicyclic) bond motifs is 1. The number of thiazole rings is 1. The van der Waals surface area contributed by atoms with Crippen LogP contribution in [-0.4, -0.2) is 33.2 Å². The van der Waals surface area contributed by atoms with E-state index in [1.165, 1.54) is 19.2 Å². The summed E-state index contributed by atoms with van der Waals surface area (Å²) in [5.74, 6) is 0. The molecule has 6 nitrogen and oxygen atoms in total. The highest BCUT2D eigenvalue weighted by Crippen LogP contribution is 2.22. The number of methoxy groups -OCH3 is 1. The van der Waals surface area contributed by atoms with Crippen molar-refractivity contribution in [3.8, 4) is 0 Å². The maximum Gasteiger partial charge on any atom is 0.308 e. The van der Waals surface area contributed by atoms with Gasteiger partial charge in [-0.05, 0) is 23.8 Å². The highest BCUT2D eigenvalue weighted by molar-refractivity contribution is 7.89. The Labute approximate surface area is 149 Å². The van der Waals surface area contributed by atoms with Gasteiger partial charge in [-0.15, -0.1) is 0 Å². The van der Waals surface area contributed by atoms with Gasteiger partial charge >= 0.3 is 4.87 Å². The summed E-state index contributed by atoms with van der Waals surface area (Å²) in [7, 11) is -2.11. The molecule has 3 aromatic rings. The molecule has 2 aromatic carbocycles. The van der Waals surface area contributed by atoms with Crippen molar-refractivity contribution in [2.45, 2.75) is 11.4 Å². The van der Waals surface area contributed by atoms with Crippen LogP contribution in [-0.2, 0) is 21.3 Å². The third kappa shape index (κ3) is 3.98. The largest absolute Gasteiger partial charge is 0.383 e. The number of rotatable bonds is 7. The molecular weight excluding hydrogens is 360 g/mol. The van der Waals surface area contributed by atoms with E-state index < -0.39 is 10.0 Å². The average molecular weight is 378 g/mol. The van der Waals surface area contributed by atoms with Crippen LogP contribution in [0.4, 0.5) is 0 Å². The van der Waals surface area contributed by atoms with Gasteiger partial charge in [-0.25, -0.2) is 13.1 Å². The van der Waals surface area contributed by atoms with E-state index >= 15 is 0 Å². The predicted molar refractivity (Wildman–Crippen MR) is 98.7 cm³/mol. The summed E-state index contributed by atoms with van der Waals surface area (Å²) in [6, 6.07) is 14.4. The second kappa shape index (κ2) is 7.49. The zero-order valence-corrected chi connectivity index (χ0v) is 15.3. The molecule has 1 aromatic heterocycles. The van der Waals surface area contributed by atoms with Gasteiger partial charge < -0.3 is 4.74 Å². The number of ether oxygens (including phenoxy) is 1. The molecular formula is C17H18N2O4S2. The molecule has 0 saturated heterocycles. The van der Waals surface area contributed by atoms with Crippen molar-refractivity contribution in [2.24, 2.45) is 0 Å². The molecule has 0 aliphatic heterocycles. The van der Waals surface area contributed by atoms with Crippen LogP contribution < -0.4 is 9.60 Å². The fourth-order valence-corrected chi connectivity index (χ4v) is 4.53. The van der Waals surface area contributed by atoms with Crippen molar-refractivity contribution in [2.75, 3.05) is 20.3 Å². The lowest BCUT2D eigenvalue weighted by Crippen LogP contribution is -2.27. The van der Waals surface area contributed by atoms with Crippen LogP contribution in [0.25, 0.3) is 10.2 Å². The molecule has 0 amide bonds. The topological polar surface area (TPSA) is 77.4 Å². The SMILES string of the molecule is COCCNS(=O)(=O)c1ccc2c(c1)sc(=O)n2Cc1ccccc1. The molecule has 0 saturated carbocycles. The number of hydrogen-bond acceptors (Lipinski definition) is 5. The minimum atomic E-state index is -3.62. The Morgan fingerprint density at radius 1 is 1.16 bits per heavy atom.